The second-order valence-corrected chi connectivity index (χ2v) is 10.4. The molecule has 6 rings (SSSR count). The average Bonchev–Trinajstić information content (AvgIpc) is 3.53. The highest BCUT2D eigenvalue weighted by molar-refractivity contribution is 5.79. The van der Waals surface area contributed by atoms with E-state index in [1.165, 1.54) is 19.8 Å². The Labute approximate surface area is 216 Å². The predicted octanol–water partition coefficient (Wildman–Crippen LogP) is 2.79. The van der Waals surface area contributed by atoms with Crippen LogP contribution in [0.25, 0.3) is 0 Å². The van der Waals surface area contributed by atoms with Crippen molar-refractivity contribution in [3.8, 4) is 28.7 Å². The molecule has 1 unspecified atom stereocenters. The number of cyclic esters (lactones) is 1. The number of ether oxygens (including phenoxy) is 5. The summed E-state index contributed by atoms with van der Waals surface area (Å²) in [5, 5.41) is 10.5. The summed E-state index contributed by atoms with van der Waals surface area (Å²) in [5.74, 6) is 1.31. The van der Waals surface area contributed by atoms with Crippen LogP contribution >= 0.6 is 0 Å². The number of likely N-dealkylation sites (N-methyl/N-ethyl adjacent to an activating group) is 1. The van der Waals surface area contributed by atoms with E-state index in [1.54, 1.807) is 12.1 Å². The lowest BCUT2D eigenvalue weighted by atomic mass is 9.62. The molecule has 37 heavy (non-hydrogen) atoms. The van der Waals surface area contributed by atoms with Crippen molar-refractivity contribution in [2.45, 2.75) is 18.3 Å². The van der Waals surface area contributed by atoms with E-state index in [1.807, 2.05) is 6.07 Å². The molecule has 2 saturated heterocycles. The fourth-order valence-electron chi connectivity index (χ4n) is 6.53. The van der Waals surface area contributed by atoms with Crippen LogP contribution in [0.5, 0.6) is 28.7 Å². The molecule has 0 bridgehead atoms. The Balaban J connectivity index is 1.44. The number of aromatic hydroxyl groups is 1. The summed E-state index contributed by atoms with van der Waals surface area (Å²) in [5.41, 5.74) is 3.04. The van der Waals surface area contributed by atoms with Gasteiger partial charge in [0.15, 0.2) is 23.0 Å². The van der Waals surface area contributed by atoms with E-state index < -0.39 is 0 Å². The van der Waals surface area contributed by atoms with Crippen molar-refractivity contribution in [1.82, 2.24) is 9.80 Å². The Kier molecular flexibility index (Phi) is 6.28. The first-order valence-electron chi connectivity index (χ1n) is 12.9. The third kappa shape index (κ3) is 4.14. The van der Waals surface area contributed by atoms with Crippen molar-refractivity contribution < 1.29 is 33.6 Å². The standard InChI is InChI=1S/C28H34N2O7/c1-29-6-8-30(9-7-29)5-4-17-18-12-21-22(37-15-36-21)13-19(18)25(26-20(17)14-35-28(26)32)16-10-23(33-2)27(31)24(11-16)34-3/h10-13,17,20,25-26,31H,4-9,14-15H2,1-3H3/t17-,20?,25-,26+/m1/s1. The van der Waals surface area contributed by atoms with Gasteiger partial charge in [0, 0.05) is 38.0 Å². The Hall–Kier alpha value is -3.17. The molecule has 2 aromatic carbocycles. The number of methoxy groups -OCH3 is 2. The first kappa shape index (κ1) is 24.2. The lowest BCUT2D eigenvalue weighted by molar-refractivity contribution is -0.141. The number of esters is 1. The van der Waals surface area contributed by atoms with E-state index in [2.05, 4.69) is 22.9 Å². The molecule has 3 heterocycles. The van der Waals surface area contributed by atoms with E-state index >= 15 is 0 Å². The maximum atomic E-state index is 13.3. The van der Waals surface area contributed by atoms with E-state index in [-0.39, 0.29) is 42.2 Å². The SMILES string of the molecule is COc1cc([C@@H]2c3cc4c(cc3[C@@H](CCN3CCN(C)CC3)C3COC(=O)[C@@H]32)OCO4)cc(OC)c1O. The Morgan fingerprint density at radius 3 is 2.24 bits per heavy atom. The molecule has 2 aromatic rings. The quantitative estimate of drug-likeness (QED) is 0.589. The van der Waals surface area contributed by atoms with E-state index in [9.17, 15) is 9.90 Å². The number of nitrogens with zero attached hydrogens (tertiary/aromatic N) is 2. The number of hydrogen-bond acceptors (Lipinski definition) is 9. The van der Waals surface area contributed by atoms with Crippen LogP contribution in [-0.2, 0) is 9.53 Å². The molecular formula is C28H34N2O7. The molecule has 1 N–H and O–H groups in total. The van der Waals surface area contributed by atoms with Crippen LogP contribution in [0.4, 0.5) is 0 Å². The van der Waals surface area contributed by atoms with Gasteiger partial charge in [-0.3, -0.25) is 4.79 Å². The number of fused-ring (bicyclic) bond motifs is 3. The molecule has 4 atom stereocenters. The maximum absolute atomic E-state index is 13.3. The van der Waals surface area contributed by atoms with Crippen LogP contribution in [0.2, 0.25) is 0 Å². The predicted molar refractivity (Wildman–Crippen MR) is 135 cm³/mol. The third-order valence-corrected chi connectivity index (χ3v) is 8.55. The lowest BCUT2D eigenvalue weighted by Crippen LogP contribution is -2.45. The maximum Gasteiger partial charge on any atom is 0.310 e. The van der Waals surface area contributed by atoms with Crippen LogP contribution in [0.1, 0.15) is 34.9 Å². The van der Waals surface area contributed by atoms with Gasteiger partial charge in [-0.1, -0.05) is 0 Å². The molecule has 3 aliphatic heterocycles. The second-order valence-electron chi connectivity index (χ2n) is 10.4. The van der Waals surface area contributed by atoms with Crippen LogP contribution in [0.15, 0.2) is 24.3 Å². The van der Waals surface area contributed by atoms with E-state index in [0.29, 0.717) is 23.9 Å². The molecule has 4 aliphatic rings. The Morgan fingerprint density at radius 1 is 0.946 bits per heavy atom. The zero-order valence-electron chi connectivity index (χ0n) is 21.6. The van der Waals surface area contributed by atoms with Gasteiger partial charge in [-0.15, -0.1) is 0 Å². The van der Waals surface area contributed by atoms with Crippen LogP contribution in [0, 0.1) is 11.8 Å². The van der Waals surface area contributed by atoms with Gasteiger partial charge in [0.25, 0.3) is 0 Å². The summed E-state index contributed by atoms with van der Waals surface area (Å²) in [6, 6.07) is 7.72. The van der Waals surface area contributed by atoms with Crippen molar-refractivity contribution in [3.05, 3.63) is 41.0 Å². The van der Waals surface area contributed by atoms with Gasteiger partial charge in [-0.25, -0.2) is 0 Å². The molecule has 0 saturated carbocycles. The minimum absolute atomic E-state index is 0.0311. The van der Waals surface area contributed by atoms with Gasteiger partial charge in [0.2, 0.25) is 12.5 Å². The molecule has 2 fully saturated rings. The number of rotatable bonds is 6. The number of hydrogen-bond donors (Lipinski definition) is 1. The first-order chi connectivity index (χ1) is 18.0. The summed E-state index contributed by atoms with van der Waals surface area (Å²) < 4.78 is 28.2. The molecule has 1 aliphatic carbocycles. The minimum Gasteiger partial charge on any atom is -0.502 e. The van der Waals surface area contributed by atoms with Gasteiger partial charge in [0.05, 0.1) is 26.7 Å². The molecule has 9 heteroatoms. The van der Waals surface area contributed by atoms with Crippen molar-refractivity contribution in [2.75, 3.05) is 67.4 Å². The van der Waals surface area contributed by atoms with Gasteiger partial charge in [-0.05, 0) is 66.9 Å². The van der Waals surface area contributed by atoms with Crippen LogP contribution in [0.3, 0.4) is 0 Å². The van der Waals surface area contributed by atoms with Gasteiger partial charge < -0.3 is 38.6 Å². The third-order valence-electron chi connectivity index (χ3n) is 8.55. The fraction of sp³-hybridized carbons (Fsp3) is 0.536. The number of carbonyl (C=O) groups is 1. The minimum atomic E-state index is -0.357. The largest absolute Gasteiger partial charge is 0.502 e. The average molecular weight is 511 g/mol. The number of piperazine rings is 1. The summed E-state index contributed by atoms with van der Waals surface area (Å²) in [7, 11) is 5.18. The molecule has 0 spiro atoms. The zero-order chi connectivity index (χ0) is 25.7. The topological polar surface area (TPSA) is 89.9 Å². The molecule has 0 amide bonds. The molecule has 198 valence electrons. The van der Waals surface area contributed by atoms with Crippen molar-refractivity contribution in [1.29, 1.82) is 0 Å². The number of phenolic OH excluding ortho intramolecular Hbond substituents is 1. The molecule has 0 aromatic heterocycles. The number of phenols is 1. The molecule has 9 nitrogen and oxygen atoms in total. The summed E-state index contributed by atoms with van der Waals surface area (Å²) in [6.45, 7) is 5.79. The second kappa shape index (κ2) is 9.61. The van der Waals surface area contributed by atoms with Gasteiger partial charge in [0.1, 0.15) is 0 Å². The highest BCUT2D eigenvalue weighted by atomic mass is 16.7. The lowest BCUT2D eigenvalue weighted by Gasteiger charge is -2.40. The Morgan fingerprint density at radius 2 is 1.59 bits per heavy atom. The first-order valence-corrected chi connectivity index (χ1v) is 12.9. The highest BCUT2D eigenvalue weighted by Gasteiger charge is 2.52. The summed E-state index contributed by atoms with van der Waals surface area (Å²) in [6.07, 6.45) is 0.934. The zero-order valence-corrected chi connectivity index (χ0v) is 21.6. The van der Waals surface area contributed by atoms with Crippen molar-refractivity contribution in [2.24, 2.45) is 11.8 Å². The Bertz CT molecular complexity index is 1170. The molecular weight excluding hydrogens is 476 g/mol. The summed E-state index contributed by atoms with van der Waals surface area (Å²) >= 11 is 0. The van der Waals surface area contributed by atoms with E-state index in [4.69, 9.17) is 23.7 Å². The molecule has 0 radical (unpaired) electrons. The van der Waals surface area contributed by atoms with Gasteiger partial charge >= 0.3 is 5.97 Å². The van der Waals surface area contributed by atoms with Crippen LogP contribution < -0.4 is 18.9 Å². The fourth-order valence-corrected chi connectivity index (χ4v) is 6.53. The number of carbonyl (C=O) groups excluding carboxylic acids is 1. The van der Waals surface area contributed by atoms with Crippen molar-refractivity contribution >= 4 is 5.97 Å². The smallest absolute Gasteiger partial charge is 0.310 e. The van der Waals surface area contributed by atoms with E-state index in [0.717, 1.165) is 56.0 Å². The van der Waals surface area contributed by atoms with Crippen molar-refractivity contribution in [3.63, 3.8) is 0 Å². The van der Waals surface area contributed by atoms with Gasteiger partial charge in [-0.2, -0.15) is 0 Å². The normalized spacial score (nSPS) is 26.9. The monoisotopic (exact) mass is 510 g/mol. The summed E-state index contributed by atoms with van der Waals surface area (Å²) in [4.78, 5) is 18.2. The number of benzene rings is 2. The van der Waals surface area contributed by atoms with Crippen LogP contribution in [-0.4, -0.2) is 88.3 Å². The highest BCUT2D eigenvalue weighted by Crippen LogP contribution is 2.57.